The summed E-state index contributed by atoms with van der Waals surface area (Å²) >= 11 is 0. The second-order valence-corrected chi connectivity index (χ2v) is 7.07. The fourth-order valence-corrected chi connectivity index (χ4v) is 4.16. The van der Waals surface area contributed by atoms with E-state index in [1.807, 2.05) is 23.6 Å². The molecule has 5 heteroatoms. The number of carbonyl (C=O) groups is 1. The molecule has 2 unspecified atom stereocenters. The number of fused-ring (bicyclic) bond motifs is 1. The van der Waals surface area contributed by atoms with E-state index >= 15 is 0 Å². The van der Waals surface area contributed by atoms with Crippen molar-refractivity contribution >= 4 is 5.91 Å². The van der Waals surface area contributed by atoms with E-state index in [2.05, 4.69) is 24.0 Å². The number of nitrogens with zero attached hydrogens (tertiary/aromatic N) is 4. The van der Waals surface area contributed by atoms with Gasteiger partial charge in [-0.15, -0.1) is 0 Å². The first kappa shape index (κ1) is 14.6. The molecule has 116 valence electrons. The van der Waals surface area contributed by atoms with Crippen LogP contribution in [0.3, 0.4) is 0 Å². The van der Waals surface area contributed by atoms with Crippen LogP contribution < -0.4 is 0 Å². The molecule has 0 saturated heterocycles. The molecular weight excluding hydrogens is 264 g/mol. The minimum Gasteiger partial charge on any atom is -0.340 e. The van der Waals surface area contributed by atoms with Crippen molar-refractivity contribution in [1.82, 2.24) is 19.4 Å². The molecule has 3 rings (SSSR count). The summed E-state index contributed by atoms with van der Waals surface area (Å²) in [5.74, 6) is 1.65. The van der Waals surface area contributed by atoms with Crippen LogP contribution in [-0.4, -0.2) is 58.5 Å². The molecule has 1 aromatic rings. The minimum absolute atomic E-state index is 0.0599. The number of hydrogen-bond donors (Lipinski definition) is 0. The van der Waals surface area contributed by atoms with Crippen molar-refractivity contribution in [1.29, 1.82) is 0 Å². The number of aryl methyl sites for hydroxylation is 1. The molecule has 4 atom stereocenters. The van der Waals surface area contributed by atoms with Gasteiger partial charge in [0.05, 0.1) is 6.33 Å². The van der Waals surface area contributed by atoms with Crippen LogP contribution in [0.4, 0.5) is 0 Å². The Balaban J connectivity index is 1.61. The third kappa shape index (κ3) is 2.71. The number of imidazole rings is 1. The summed E-state index contributed by atoms with van der Waals surface area (Å²) in [7, 11) is 8.19. The Kier molecular flexibility index (Phi) is 3.78. The Hall–Kier alpha value is -1.36. The van der Waals surface area contributed by atoms with Crippen LogP contribution in [0.15, 0.2) is 12.5 Å². The number of amides is 1. The highest BCUT2D eigenvalue weighted by atomic mass is 16.2. The molecule has 21 heavy (non-hydrogen) atoms. The molecule has 2 aliphatic rings. The first-order valence-electron chi connectivity index (χ1n) is 7.87. The molecule has 1 amide bonds. The highest BCUT2D eigenvalue weighted by Crippen LogP contribution is 2.46. The molecule has 2 saturated carbocycles. The Bertz CT molecular complexity index is 510. The van der Waals surface area contributed by atoms with Gasteiger partial charge in [0.25, 0.3) is 5.91 Å². The van der Waals surface area contributed by atoms with Crippen molar-refractivity contribution < 1.29 is 4.79 Å². The number of carbonyl (C=O) groups excluding carboxylic acids is 1. The highest BCUT2D eigenvalue weighted by molar-refractivity contribution is 5.92. The second-order valence-electron chi connectivity index (χ2n) is 7.07. The van der Waals surface area contributed by atoms with Gasteiger partial charge in [-0.05, 0) is 51.6 Å². The van der Waals surface area contributed by atoms with Gasteiger partial charge in [0, 0.05) is 32.4 Å². The Morgan fingerprint density at radius 1 is 1.14 bits per heavy atom. The zero-order valence-corrected chi connectivity index (χ0v) is 13.5. The van der Waals surface area contributed by atoms with Crippen molar-refractivity contribution in [3.63, 3.8) is 0 Å². The number of aromatic nitrogens is 2. The van der Waals surface area contributed by atoms with Crippen LogP contribution in [0.5, 0.6) is 0 Å². The lowest BCUT2D eigenvalue weighted by Crippen LogP contribution is -2.36. The van der Waals surface area contributed by atoms with Gasteiger partial charge in [-0.2, -0.15) is 0 Å². The van der Waals surface area contributed by atoms with Crippen molar-refractivity contribution in [3.8, 4) is 0 Å². The molecule has 5 nitrogen and oxygen atoms in total. The molecule has 0 spiro atoms. The van der Waals surface area contributed by atoms with E-state index in [-0.39, 0.29) is 5.91 Å². The Labute approximate surface area is 126 Å². The third-order valence-electron chi connectivity index (χ3n) is 5.49. The van der Waals surface area contributed by atoms with Gasteiger partial charge in [-0.25, -0.2) is 4.98 Å². The van der Waals surface area contributed by atoms with Crippen LogP contribution in [0.25, 0.3) is 0 Å². The second kappa shape index (κ2) is 5.44. The van der Waals surface area contributed by atoms with Gasteiger partial charge >= 0.3 is 0 Å². The Morgan fingerprint density at radius 2 is 1.71 bits per heavy atom. The Morgan fingerprint density at radius 3 is 2.19 bits per heavy atom. The molecular formula is C16H26N4O. The van der Waals surface area contributed by atoms with Crippen molar-refractivity contribution in [2.75, 3.05) is 21.1 Å². The SMILES string of the molecule is CN(C)C1C[C@@H]2CC(N(C)C(=O)c3cn(C)cn3)C[C@@H]2C1. The lowest BCUT2D eigenvalue weighted by atomic mass is 10.0. The van der Waals surface area contributed by atoms with Crippen LogP contribution >= 0.6 is 0 Å². The first-order chi connectivity index (χ1) is 9.95. The van der Waals surface area contributed by atoms with Crippen LogP contribution in [0, 0.1) is 11.8 Å². The molecule has 0 aliphatic heterocycles. The fraction of sp³-hybridized carbons (Fsp3) is 0.750. The van der Waals surface area contributed by atoms with Gasteiger partial charge in [-0.1, -0.05) is 0 Å². The van der Waals surface area contributed by atoms with E-state index in [4.69, 9.17) is 0 Å². The molecule has 1 aromatic heterocycles. The maximum atomic E-state index is 12.5. The van der Waals surface area contributed by atoms with Gasteiger partial charge in [0.1, 0.15) is 5.69 Å². The van der Waals surface area contributed by atoms with E-state index in [0.717, 1.165) is 30.7 Å². The lowest BCUT2D eigenvalue weighted by molar-refractivity contribution is 0.0720. The predicted molar refractivity (Wildman–Crippen MR) is 82.0 cm³/mol. The zero-order valence-electron chi connectivity index (χ0n) is 13.5. The quantitative estimate of drug-likeness (QED) is 0.849. The highest BCUT2D eigenvalue weighted by Gasteiger charge is 2.44. The topological polar surface area (TPSA) is 41.4 Å². The van der Waals surface area contributed by atoms with Crippen molar-refractivity contribution in [2.24, 2.45) is 18.9 Å². The molecule has 0 N–H and O–H groups in total. The average molecular weight is 290 g/mol. The summed E-state index contributed by atoms with van der Waals surface area (Å²) in [4.78, 5) is 20.9. The molecule has 1 heterocycles. The van der Waals surface area contributed by atoms with Crippen LogP contribution in [0.2, 0.25) is 0 Å². The standard InChI is InChI=1S/C16H26N4O/c1-18(2)13-5-11-7-14(8-12(11)6-13)20(4)16(21)15-9-19(3)10-17-15/h9-14H,5-8H2,1-4H3/t11-,12+,13?,14?. The molecule has 0 bridgehead atoms. The minimum atomic E-state index is 0.0599. The summed E-state index contributed by atoms with van der Waals surface area (Å²) < 4.78 is 1.83. The molecule has 2 aliphatic carbocycles. The van der Waals surface area contributed by atoms with E-state index in [1.165, 1.54) is 12.8 Å². The number of rotatable bonds is 3. The summed E-state index contributed by atoms with van der Waals surface area (Å²) in [5.41, 5.74) is 0.559. The summed E-state index contributed by atoms with van der Waals surface area (Å²) in [6.45, 7) is 0. The first-order valence-corrected chi connectivity index (χ1v) is 7.87. The van der Waals surface area contributed by atoms with E-state index in [0.29, 0.717) is 11.7 Å². The van der Waals surface area contributed by atoms with Crippen molar-refractivity contribution in [2.45, 2.75) is 37.8 Å². The van der Waals surface area contributed by atoms with Gasteiger partial charge in [-0.3, -0.25) is 4.79 Å². The maximum Gasteiger partial charge on any atom is 0.274 e. The monoisotopic (exact) mass is 290 g/mol. The normalized spacial score (nSPS) is 31.7. The lowest BCUT2D eigenvalue weighted by Gasteiger charge is -2.26. The number of hydrogen-bond acceptors (Lipinski definition) is 3. The van der Waals surface area contributed by atoms with E-state index < -0.39 is 0 Å². The summed E-state index contributed by atoms with van der Waals surface area (Å²) in [6.07, 6.45) is 8.39. The molecule has 0 aromatic carbocycles. The third-order valence-corrected chi connectivity index (χ3v) is 5.49. The zero-order chi connectivity index (χ0) is 15.1. The van der Waals surface area contributed by atoms with Crippen LogP contribution in [-0.2, 0) is 7.05 Å². The van der Waals surface area contributed by atoms with Crippen LogP contribution in [0.1, 0.15) is 36.2 Å². The smallest absolute Gasteiger partial charge is 0.274 e. The van der Waals surface area contributed by atoms with E-state index in [9.17, 15) is 4.79 Å². The predicted octanol–water partition coefficient (Wildman–Crippen LogP) is 1.61. The summed E-state index contributed by atoms with van der Waals surface area (Å²) in [6, 6.07) is 1.12. The van der Waals surface area contributed by atoms with Crippen molar-refractivity contribution in [3.05, 3.63) is 18.2 Å². The van der Waals surface area contributed by atoms with Gasteiger partial charge in [0.2, 0.25) is 0 Å². The average Bonchev–Trinajstić information content (AvgIpc) is 3.09. The fourth-order valence-electron chi connectivity index (χ4n) is 4.16. The molecule has 2 fully saturated rings. The molecule has 0 radical (unpaired) electrons. The maximum absolute atomic E-state index is 12.5. The van der Waals surface area contributed by atoms with E-state index in [1.54, 1.807) is 12.5 Å². The van der Waals surface area contributed by atoms with Gasteiger partial charge < -0.3 is 14.4 Å². The largest absolute Gasteiger partial charge is 0.340 e. The van der Waals surface area contributed by atoms with Gasteiger partial charge in [0.15, 0.2) is 0 Å². The summed E-state index contributed by atoms with van der Waals surface area (Å²) in [5, 5.41) is 0.